The molecule has 0 unspecified atom stereocenters. The van der Waals surface area contributed by atoms with Crippen molar-refractivity contribution < 1.29 is 21.6 Å². The van der Waals surface area contributed by atoms with Crippen molar-refractivity contribution in [3.63, 3.8) is 0 Å². The summed E-state index contributed by atoms with van der Waals surface area (Å²) in [4.78, 5) is 0. The fourth-order valence-electron chi connectivity index (χ4n) is 1.27. The standard InChI is InChI=1S/C10H8ClF3N2O2S/c11-3-4-19(17,18)16-8-2-1-7(6-15)9(5-8)10(12,13)14/h1-2,5,16H,3-4H2. The molecule has 1 N–H and O–H groups in total. The summed E-state index contributed by atoms with van der Waals surface area (Å²) in [7, 11) is -3.80. The van der Waals surface area contributed by atoms with Gasteiger partial charge in [0.15, 0.2) is 0 Å². The van der Waals surface area contributed by atoms with Crippen molar-refractivity contribution in [1.82, 2.24) is 0 Å². The van der Waals surface area contributed by atoms with Crippen molar-refractivity contribution in [2.45, 2.75) is 6.18 Å². The van der Waals surface area contributed by atoms with Crippen LogP contribution in [0.5, 0.6) is 0 Å². The van der Waals surface area contributed by atoms with Crippen molar-refractivity contribution in [3.05, 3.63) is 29.3 Å². The van der Waals surface area contributed by atoms with E-state index >= 15 is 0 Å². The number of anilines is 1. The van der Waals surface area contributed by atoms with E-state index in [4.69, 9.17) is 16.9 Å². The molecule has 0 amide bonds. The summed E-state index contributed by atoms with van der Waals surface area (Å²) in [5, 5.41) is 8.58. The maximum absolute atomic E-state index is 12.6. The van der Waals surface area contributed by atoms with Gasteiger partial charge in [0.05, 0.1) is 22.9 Å². The van der Waals surface area contributed by atoms with Crippen LogP contribution in [0.4, 0.5) is 18.9 Å². The highest BCUT2D eigenvalue weighted by molar-refractivity contribution is 7.92. The lowest BCUT2D eigenvalue weighted by atomic mass is 10.1. The maximum atomic E-state index is 12.6. The monoisotopic (exact) mass is 312 g/mol. The maximum Gasteiger partial charge on any atom is 0.417 e. The molecular weight excluding hydrogens is 305 g/mol. The Morgan fingerprint density at radius 2 is 2.00 bits per heavy atom. The smallest absolute Gasteiger partial charge is 0.284 e. The topological polar surface area (TPSA) is 70.0 Å². The third-order valence-corrected chi connectivity index (χ3v) is 3.77. The van der Waals surface area contributed by atoms with Crippen LogP contribution in [0.3, 0.4) is 0 Å². The van der Waals surface area contributed by atoms with Crippen molar-refractivity contribution in [3.8, 4) is 6.07 Å². The van der Waals surface area contributed by atoms with Gasteiger partial charge in [0, 0.05) is 11.6 Å². The average Bonchev–Trinajstić information content (AvgIpc) is 2.27. The fraction of sp³-hybridized carbons (Fsp3) is 0.300. The van der Waals surface area contributed by atoms with E-state index in [2.05, 4.69) is 0 Å². The van der Waals surface area contributed by atoms with Crippen molar-refractivity contribution in [1.29, 1.82) is 5.26 Å². The lowest BCUT2D eigenvalue weighted by Gasteiger charge is -2.12. The Balaban J connectivity index is 3.18. The Kier molecular flexibility index (Phi) is 4.66. The Bertz CT molecular complexity index is 608. The van der Waals surface area contributed by atoms with E-state index in [0.29, 0.717) is 6.07 Å². The normalized spacial score (nSPS) is 11.9. The number of halogens is 4. The first-order chi connectivity index (χ1) is 8.69. The molecule has 0 radical (unpaired) electrons. The number of nitrogens with zero attached hydrogens (tertiary/aromatic N) is 1. The summed E-state index contributed by atoms with van der Waals surface area (Å²) >= 11 is 5.26. The highest BCUT2D eigenvalue weighted by atomic mass is 35.5. The molecular formula is C10H8ClF3N2O2S. The Hall–Kier alpha value is -1.46. The van der Waals surface area contributed by atoms with Gasteiger partial charge in [0.1, 0.15) is 0 Å². The average molecular weight is 313 g/mol. The van der Waals surface area contributed by atoms with E-state index in [-0.39, 0.29) is 11.6 Å². The molecule has 4 nitrogen and oxygen atoms in total. The van der Waals surface area contributed by atoms with Crippen LogP contribution in [0.1, 0.15) is 11.1 Å². The van der Waals surface area contributed by atoms with Gasteiger partial charge in [0.25, 0.3) is 0 Å². The van der Waals surface area contributed by atoms with Gasteiger partial charge < -0.3 is 0 Å². The highest BCUT2D eigenvalue weighted by Crippen LogP contribution is 2.33. The molecule has 1 aromatic carbocycles. The Morgan fingerprint density at radius 1 is 1.37 bits per heavy atom. The third-order valence-electron chi connectivity index (χ3n) is 2.06. The number of nitriles is 1. The summed E-state index contributed by atoms with van der Waals surface area (Å²) in [6.07, 6.45) is -4.74. The first-order valence-electron chi connectivity index (χ1n) is 4.87. The van der Waals surface area contributed by atoms with Gasteiger partial charge in [-0.15, -0.1) is 11.6 Å². The second-order valence-electron chi connectivity index (χ2n) is 3.48. The minimum absolute atomic E-state index is 0.183. The zero-order chi connectivity index (χ0) is 14.7. The molecule has 104 valence electrons. The van der Waals surface area contributed by atoms with Crippen LogP contribution < -0.4 is 4.72 Å². The number of nitrogens with one attached hydrogen (secondary N) is 1. The molecule has 0 fully saturated rings. The van der Waals surface area contributed by atoms with E-state index in [9.17, 15) is 21.6 Å². The number of alkyl halides is 4. The molecule has 0 heterocycles. The largest absolute Gasteiger partial charge is 0.417 e. The minimum Gasteiger partial charge on any atom is -0.284 e. The van der Waals surface area contributed by atoms with Gasteiger partial charge in [0.2, 0.25) is 10.0 Å². The first kappa shape index (κ1) is 15.6. The van der Waals surface area contributed by atoms with Crippen LogP contribution in [0.25, 0.3) is 0 Å². The van der Waals surface area contributed by atoms with E-state index < -0.39 is 33.1 Å². The summed E-state index contributed by atoms with van der Waals surface area (Å²) in [6, 6.07) is 3.96. The second-order valence-corrected chi connectivity index (χ2v) is 5.70. The lowest BCUT2D eigenvalue weighted by molar-refractivity contribution is -0.137. The zero-order valence-corrected chi connectivity index (χ0v) is 10.9. The predicted molar refractivity (Wildman–Crippen MR) is 64.3 cm³/mol. The number of hydrogen-bond donors (Lipinski definition) is 1. The van der Waals surface area contributed by atoms with Crippen LogP contribution in [0, 0.1) is 11.3 Å². The Labute approximate surface area is 112 Å². The number of rotatable bonds is 4. The van der Waals surface area contributed by atoms with Crippen LogP contribution in [0.2, 0.25) is 0 Å². The van der Waals surface area contributed by atoms with Gasteiger partial charge in [-0.05, 0) is 18.2 Å². The summed E-state index contributed by atoms with van der Waals surface area (Å²) in [5.41, 5.74) is -2.04. The van der Waals surface area contributed by atoms with Crippen molar-refractivity contribution in [2.24, 2.45) is 0 Å². The van der Waals surface area contributed by atoms with Gasteiger partial charge in [-0.2, -0.15) is 18.4 Å². The highest BCUT2D eigenvalue weighted by Gasteiger charge is 2.34. The molecule has 19 heavy (non-hydrogen) atoms. The molecule has 9 heteroatoms. The van der Waals surface area contributed by atoms with Crippen LogP contribution in [-0.4, -0.2) is 20.1 Å². The Morgan fingerprint density at radius 3 is 2.47 bits per heavy atom. The molecule has 0 bridgehead atoms. The third kappa shape index (κ3) is 4.29. The van der Waals surface area contributed by atoms with E-state index in [1.165, 1.54) is 6.07 Å². The summed E-state index contributed by atoms with van der Waals surface area (Å²) in [5.74, 6) is -0.604. The van der Waals surface area contributed by atoms with Crippen molar-refractivity contribution >= 4 is 27.3 Å². The zero-order valence-electron chi connectivity index (χ0n) is 9.33. The SMILES string of the molecule is N#Cc1ccc(NS(=O)(=O)CCCl)cc1C(F)(F)F. The van der Waals surface area contributed by atoms with Crippen LogP contribution in [0.15, 0.2) is 18.2 Å². The molecule has 0 spiro atoms. The van der Waals surface area contributed by atoms with Gasteiger partial charge in [-0.3, -0.25) is 4.72 Å². The molecule has 0 aliphatic heterocycles. The van der Waals surface area contributed by atoms with Gasteiger partial charge in [-0.1, -0.05) is 0 Å². The summed E-state index contributed by atoms with van der Waals surface area (Å²) in [6.45, 7) is 0. The van der Waals surface area contributed by atoms with Crippen LogP contribution in [-0.2, 0) is 16.2 Å². The molecule has 0 saturated carbocycles. The first-order valence-corrected chi connectivity index (χ1v) is 7.06. The molecule has 0 aliphatic carbocycles. The van der Waals surface area contributed by atoms with Gasteiger partial charge >= 0.3 is 6.18 Å². The molecule has 0 aromatic heterocycles. The molecule has 0 saturated heterocycles. The van der Waals surface area contributed by atoms with E-state index in [1.54, 1.807) is 0 Å². The fourth-order valence-corrected chi connectivity index (χ4v) is 2.67. The molecule has 1 rings (SSSR count). The minimum atomic E-state index is -4.74. The lowest BCUT2D eigenvalue weighted by Crippen LogP contribution is -2.18. The van der Waals surface area contributed by atoms with E-state index in [0.717, 1.165) is 12.1 Å². The van der Waals surface area contributed by atoms with Crippen LogP contribution >= 0.6 is 11.6 Å². The number of sulfonamides is 1. The molecule has 1 aromatic rings. The van der Waals surface area contributed by atoms with E-state index in [1.807, 2.05) is 4.72 Å². The van der Waals surface area contributed by atoms with Crippen molar-refractivity contribution in [2.75, 3.05) is 16.4 Å². The predicted octanol–water partition coefficient (Wildman–Crippen LogP) is 2.56. The second kappa shape index (κ2) is 5.67. The summed E-state index contributed by atoms with van der Waals surface area (Å²) < 4.78 is 62.6. The quantitative estimate of drug-likeness (QED) is 0.869. The molecule has 0 atom stereocenters. The van der Waals surface area contributed by atoms with Gasteiger partial charge in [-0.25, -0.2) is 8.42 Å². The number of benzene rings is 1. The number of hydrogen-bond acceptors (Lipinski definition) is 3. The molecule has 0 aliphatic rings.